The molecule has 0 radical (unpaired) electrons. The van der Waals surface area contributed by atoms with Crippen molar-refractivity contribution in [3.05, 3.63) is 47.3 Å². The van der Waals surface area contributed by atoms with Crippen molar-refractivity contribution in [1.82, 2.24) is 0 Å². The smallest absolute Gasteiger partial charge is 0.307 e. The van der Waals surface area contributed by atoms with Crippen LogP contribution in [0.25, 0.3) is 0 Å². The van der Waals surface area contributed by atoms with Gasteiger partial charge in [-0.15, -0.1) is 0 Å². The Balaban J connectivity index is 2.35. The van der Waals surface area contributed by atoms with Gasteiger partial charge in [0.25, 0.3) is 0 Å². The molecule has 1 N–H and O–H groups in total. The first-order valence-corrected chi connectivity index (χ1v) is 5.98. The summed E-state index contributed by atoms with van der Waals surface area (Å²) < 4.78 is 39.1. The first kappa shape index (κ1) is 14.3. The van der Waals surface area contributed by atoms with Crippen LogP contribution in [0.5, 0.6) is 0 Å². The summed E-state index contributed by atoms with van der Waals surface area (Å²) in [6, 6.07) is 1.19. The molecule has 3 nitrogen and oxygen atoms in total. The molecule has 0 saturated carbocycles. The van der Waals surface area contributed by atoms with Crippen LogP contribution in [0.15, 0.2) is 24.3 Å². The van der Waals surface area contributed by atoms with Gasteiger partial charge in [0, 0.05) is 11.5 Å². The van der Waals surface area contributed by atoms with Gasteiger partial charge in [-0.1, -0.05) is 12.2 Å². The van der Waals surface area contributed by atoms with Crippen molar-refractivity contribution in [2.45, 2.75) is 12.8 Å². The fourth-order valence-corrected chi connectivity index (χ4v) is 2.29. The molecule has 106 valence electrons. The Morgan fingerprint density at radius 1 is 1.00 bits per heavy atom. The van der Waals surface area contributed by atoms with E-state index >= 15 is 0 Å². The van der Waals surface area contributed by atoms with E-state index in [4.69, 9.17) is 5.11 Å². The van der Waals surface area contributed by atoms with Crippen LogP contribution in [-0.4, -0.2) is 16.9 Å². The number of benzene rings is 1. The summed E-state index contributed by atoms with van der Waals surface area (Å²) in [5.41, 5.74) is -0.354. The number of carbonyl (C=O) groups is 2. The lowest BCUT2D eigenvalue weighted by Gasteiger charge is -2.24. The van der Waals surface area contributed by atoms with Crippen LogP contribution in [0.2, 0.25) is 0 Å². The topological polar surface area (TPSA) is 54.4 Å². The second kappa shape index (κ2) is 5.48. The van der Waals surface area contributed by atoms with Crippen LogP contribution in [0, 0.1) is 29.3 Å². The van der Waals surface area contributed by atoms with Crippen molar-refractivity contribution in [2.24, 2.45) is 11.8 Å². The van der Waals surface area contributed by atoms with Gasteiger partial charge in [0.15, 0.2) is 23.2 Å². The van der Waals surface area contributed by atoms with E-state index in [1.807, 2.05) is 0 Å². The molecule has 0 saturated heterocycles. The molecular weight excluding hydrogens is 273 g/mol. The van der Waals surface area contributed by atoms with Crippen LogP contribution in [0.1, 0.15) is 23.2 Å². The number of carbonyl (C=O) groups excluding carboxylic acids is 1. The van der Waals surface area contributed by atoms with Gasteiger partial charge in [0.05, 0.1) is 5.92 Å². The standard InChI is InChI=1S/C14H11F3O3/c15-10-5-7(6-11(16)12(10)17)13(18)8-3-1-2-4-9(8)14(19)20/h1-2,5-6,8-9H,3-4H2,(H,19,20). The average molecular weight is 284 g/mol. The molecule has 2 atom stereocenters. The van der Waals surface area contributed by atoms with E-state index in [9.17, 15) is 22.8 Å². The molecule has 2 unspecified atom stereocenters. The minimum absolute atomic E-state index is 0.177. The summed E-state index contributed by atoms with van der Waals surface area (Å²) in [7, 11) is 0. The van der Waals surface area contributed by atoms with Gasteiger partial charge in [-0.2, -0.15) is 0 Å². The Morgan fingerprint density at radius 3 is 2.00 bits per heavy atom. The van der Waals surface area contributed by atoms with Gasteiger partial charge < -0.3 is 5.11 Å². The third-order valence-corrected chi connectivity index (χ3v) is 3.35. The van der Waals surface area contributed by atoms with E-state index in [0.717, 1.165) is 0 Å². The van der Waals surface area contributed by atoms with Crippen molar-refractivity contribution in [3.8, 4) is 0 Å². The maximum absolute atomic E-state index is 13.1. The van der Waals surface area contributed by atoms with E-state index < -0.39 is 41.0 Å². The summed E-state index contributed by atoms with van der Waals surface area (Å²) in [6.07, 6.45) is 3.65. The monoisotopic (exact) mass is 284 g/mol. The van der Waals surface area contributed by atoms with Gasteiger partial charge >= 0.3 is 5.97 Å². The van der Waals surface area contributed by atoms with Crippen LogP contribution in [0.4, 0.5) is 13.2 Å². The highest BCUT2D eigenvalue weighted by atomic mass is 19.2. The number of carboxylic acid groups (broad SMARTS) is 1. The van der Waals surface area contributed by atoms with E-state index in [0.29, 0.717) is 12.1 Å². The second-order valence-corrected chi connectivity index (χ2v) is 4.61. The molecule has 0 bridgehead atoms. The molecule has 0 aromatic heterocycles. The van der Waals surface area contributed by atoms with E-state index in [-0.39, 0.29) is 18.4 Å². The summed E-state index contributed by atoms with van der Waals surface area (Å²) in [6.45, 7) is 0. The highest BCUT2D eigenvalue weighted by Crippen LogP contribution is 2.29. The zero-order valence-electron chi connectivity index (χ0n) is 10.3. The van der Waals surface area contributed by atoms with Crippen molar-refractivity contribution in [1.29, 1.82) is 0 Å². The van der Waals surface area contributed by atoms with Gasteiger partial charge in [-0.3, -0.25) is 9.59 Å². The number of rotatable bonds is 3. The molecule has 1 aliphatic rings. The number of halogens is 3. The molecule has 20 heavy (non-hydrogen) atoms. The van der Waals surface area contributed by atoms with Crippen LogP contribution < -0.4 is 0 Å². The van der Waals surface area contributed by atoms with E-state index in [1.54, 1.807) is 12.2 Å². The third-order valence-electron chi connectivity index (χ3n) is 3.35. The number of carboxylic acids is 1. The normalized spacial score (nSPS) is 21.8. The molecular formula is C14H11F3O3. The lowest BCUT2D eigenvalue weighted by Crippen LogP contribution is -2.31. The summed E-state index contributed by atoms with van der Waals surface area (Å²) in [4.78, 5) is 23.3. The Morgan fingerprint density at radius 2 is 1.50 bits per heavy atom. The molecule has 1 aliphatic carbocycles. The minimum Gasteiger partial charge on any atom is -0.481 e. The Bertz CT molecular complexity index is 572. The molecule has 2 rings (SSSR count). The van der Waals surface area contributed by atoms with Gasteiger partial charge in [-0.25, -0.2) is 13.2 Å². The largest absolute Gasteiger partial charge is 0.481 e. The molecule has 1 aromatic rings. The zero-order valence-corrected chi connectivity index (χ0v) is 10.3. The number of Topliss-reactive ketones (excluding diaryl/α,β-unsaturated/α-hetero) is 1. The van der Waals surface area contributed by atoms with Crippen molar-refractivity contribution >= 4 is 11.8 Å². The van der Waals surface area contributed by atoms with Crippen LogP contribution in [-0.2, 0) is 4.79 Å². The Labute approximate surface area is 112 Å². The van der Waals surface area contributed by atoms with Crippen molar-refractivity contribution in [3.63, 3.8) is 0 Å². The fourth-order valence-electron chi connectivity index (χ4n) is 2.29. The first-order chi connectivity index (χ1) is 9.41. The van der Waals surface area contributed by atoms with E-state index in [2.05, 4.69) is 0 Å². The minimum atomic E-state index is -1.65. The number of hydrogen-bond donors (Lipinski definition) is 1. The third kappa shape index (κ3) is 2.59. The molecule has 0 fully saturated rings. The van der Waals surface area contributed by atoms with Gasteiger partial charge in [-0.05, 0) is 25.0 Å². The predicted octanol–water partition coefficient (Wildman–Crippen LogP) is 2.95. The van der Waals surface area contributed by atoms with Gasteiger partial charge in [0.1, 0.15) is 0 Å². The SMILES string of the molecule is O=C(O)C1CC=CCC1C(=O)c1cc(F)c(F)c(F)c1. The fraction of sp³-hybridized carbons (Fsp3) is 0.286. The second-order valence-electron chi connectivity index (χ2n) is 4.61. The number of ketones is 1. The van der Waals surface area contributed by atoms with Crippen LogP contribution in [0.3, 0.4) is 0 Å². The maximum Gasteiger partial charge on any atom is 0.307 e. The average Bonchev–Trinajstić information content (AvgIpc) is 2.43. The van der Waals surface area contributed by atoms with Crippen molar-refractivity contribution < 1.29 is 27.9 Å². The summed E-state index contributed by atoms with van der Waals surface area (Å²) >= 11 is 0. The molecule has 0 amide bonds. The lowest BCUT2D eigenvalue weighted by atomic mass is 9.78. The number of aliphatic carboxylic acids is 1. The number of allylic oxidation sites excluding steroid dienone is 2. The number of hydrogen-bond acceptors (Lipinski definition) is 2. The Hall–Kier alpha value is -2.11. The maximum atomic E-state index is 13.1. The lowest BCUT2D eigenvalue weighted by molar-refractivity contribution is -0.143. The summed E-state index contributed by atoms with van der Waals surface area (Å²) in [5.74, 6) is -8.27. The van der Waals surface area contributed by atoms with Crippen molar-refractivity contribution in [2.75, 3.05) is 0 Å². The predicted molar refractivity (Wildman–Crippen MR) is 63.6 cm³/mol. The van der Waals surface area contributed by atoms with Crippen LogP contribution >= 0.6 is 0 Å². The molecule has 1 aromatic carbocycles. The first-order valence-electron chi connectivity index (χ1n) is 5.98. The molecule has 0 heterocycles. The molecule has 0 spiro atoms. The zero-order chi connectivity index (χ0) is 14.9. The quantitative estimate of drug-likeness (QED) is 0.527. The molecule has 6 heteroatoms. The highest BCUT2D eigenvalue weighted by Gasteiger charge is 2.34. The summed E-state index contributed by atoms with van der Waals surface area (Å²) in [5, 5.41) is 9.06. The van der Waals surface area contributed by atoms with E-state index in [1.165, 1.54) is 0 Å². The molecule has 0 aliphatic heterocycles. The van der Waals surface area contributed by atoms with Gasteiger partial charge in [0.2, 0.25) is 0 Å². The Kier molecular flexibility index (Phi) is 3.92. The highest BCUT2D eigenvalue weighted by molar-refractivity contribution is 6.00.